The number of thioether (sulfide) groups is 1. The lowest BCUT2D eigenvalue weighted by molar-refractivity contribution is -0.131. The molecule has 0 radical (unpaired) electrons. The standard InChI is InChI=1S/C18H20IN5OS2/c1-2-13(18(25)23-9-7-12(19)8-10-23)27-16-6-5-15-20-21-17(24(15)22-16)14-4-3-11-26-14/h3-6,11-13H,2,7-10H2,1H3. The molecule has 0 saturated carbocycles. The minimum absolute atomic E-state index is 0.109. The molecule has 0 spiro atoms. The van der Waals surface area contributed by atoms with Gasteiger partial charge in [0.25, 0.3) is 0 Å². The van der Waals surface area contributed by atoms with Crippen molar-refractivity contribution in [1.82, 2.24) is 24.7 Å². The van der Waals surface area contributed by atoms with Crippen LogP contribution in [0.15, 0.2) is 34.7 Å². The first-order valence-corrected chi connectivity index (χ1v) is 12.0. The van der Waals surface area contributed by atoms with Crippen molar-refractivity contribution >= 4 is 57.2 Å². The first-order chi connectivity index (χ1) is 13.2. The molecule has 9 heteroatoms. The van der Waals surface area contributed by atoms with E-state index in [4.69, 9.17) is 5.10 Å². The third-order valence-corrected chi connectivity index (χ3v) is 8.02. The van der Waals surface area contributed by atoms with Crippen LogP contribution >= 0.6 is 45.7 Å². The Kier molecular flexibility index (Phi) is 5.98. The van der Waals surface area contributed by atoms with Gasteiger partial charge in [-0.15, -0.1) is 21.5 Å². The van der Waals surface area contributed by atoms with E-state index in [1.54, 1.807) is 15.9 Å². The predicted molar refractivity (Wildman–Crippen MR) is 118 cm³/mol. The SMILES string of the molecule is CCC(Sc1ccc2nnc(-c3cccs3)n2n1)C(=O)N1CCC(I)CC1. The van der Waals surface area contributed by atoms with Gasteiger partial charge in [0.15, 0.2) is 11.5 Å². The Balaban J connectivity index is 1.54. The van der Waals surface area contributed by atoms with Crippen molar-refractivity contribution in [3.8, 4) is 10.7 Å². The van der Waals surface area contributed by atoms with Crippen molar-refractivity contribution in [3.63, 3.8) is 0 Å². The van der Waals surface area contributed by atoms with E-state index in [9.17, 15) is 4.79 Å². The van der Waals surface area contributed by atoms with Crippen molar-refractivity contribution in [2.45, 2.75) is 40.4 Å². The summed E-state index contributed by atoms with van der Waals surface area (Å²) in [4.78, 5) is 16.0. The molecular formula is C18H20IN5OS2. The first-order valence-electron chi connectivity index (χ1n) is 9.01. The van der Waals surface area contributed by atoms with Gasteiger partial charge in [-0.1, -0.05) is 47.3 Å². The number of piperidine rings is 1. The Labute approximate surface area is 179 Å². The van der Waals surface area contributed by atoms with Crippen molar-refractivity contribution in [2.75, 3.05) is 13.1 Å². The summed E-state index contributed by atoms with van der Waals surface area (Å²) in [6.07, 6.45) is 2.96. The van der Waals surface area contributed by atoms with Gasteiger partial charge < -0.3 is 4.90 Å². The Morgan fingerprint density at radius 3 is 2.85 bits per heavy atom. The van der Waals surface area contributed by atoms with Crippen LogP contribution in [0.5, 0.6) is 0 Å². The quantitative estimate of drug-likeness (QED) is 0.292. The summed E-state index contributed by atoms with van der Waals surface area (Å²) >= 11 is 5.63. The maximum atomic E-state index is 13.0. The van der Waals surface area contributed by atoms with E-state index in [-0.39, 0.29) is 11.2 Å². The second-order valence-electron chi connectivity index (χ2n) is 6.46. The number of rotatable bonds is 5. The number of alkyl halides is 1. The molecule has 0 aliphatic carbocycles. The van der Waals surface area contributed by atoms with Gasteiger partial charge >= 0.3 is 0 Å². The van der Waals surface area contributed by atoms with Crippen molar-refractivity contribution in [1.29, 1.82) is 0 Å². The van der Waals surface area contributed by atoms with Gasteiger partial charge in [0.2, 0.25) is 5.91 Å². The summed E-state index contributed by atoms with van der Waals surface area (Å²) in [5.41, 5.74) is 0.714. The van der Waals surface area contributed by atoms with Crippen LogP contribution in [0.1, 0.15) is 26.2 Å². The van der Waals surface area contributed by atoms with Crippen molar-refractivity contribution < 1.29 is 4.79 Å². The highest BCUT2D eigenvalue weighted by Crippen LogP contribution is 2.29. The number of fused-ring (bicyclic) bond motifs is 1. The molecule has 0 N–H and O–H groups in total. The van der Waals surface area contributed by atoms with E-state index in [2.05, 4.69) is 39.7 Å². The molecule has 1 aliphatic rings. The van der Waals surface area contributed by atoms with Gasteiger partial charge in [-0.05, 0) is 42.8 Å². The summed E-state index contributed by atoms with van der Waals surface area (Å²) in [7, 11) is 0. The van der Waals surface area contributed by atoms with Crippen LogP contribution in [0.3, 0.4) is 0 Å². The molecule has 1 aliphatic heterocycles. The number of hydrogen-bond acceptors (Lipinski definition) is 6. The lowest BCUT2D eigenvalue weighted by Crippen LogP contribution is -2.43. The van der Waals surface area contributed by atoms with Crippen LogP contribution < -0.4 is 0 Å². The normalized spacial score (nSPS) is 16.7. The van der Waals surface area contributed by atoms with E-state index >= 15 is 0 Å². The van der Waals surface area contributed by atoms with E-state index in [1.807, 2.05) is 34.5 Å². The molecule has 27 heavy (non-hydrogen) atoms. The van der Waals surface area contributed by atoms with E-state index in [1.165, 1.54) is 11.8 Å². The summed E-state index contributed by atoms with van der Waals surface area (Å²) in [5.74, 6) is 0.973. The van der Waals surface area contributed by atoms with Crippen LogP contribution in [-0.2, 0) is 4.79 Å². The summed E-state index contributed by atoms with van der Waals surface area (Å²) in [5, 5.41) is 15.9. The molecular weight excluding hydrogens is 493 g/mol. The average molecular weight is 513 g/mol. The smallest absolute Gasteiger partial charge is 0.236 e. The van der Waals surface area contributed by atoms with Crippen LogP contribution in [0, 0.1) is 0 Å². The average Bonchev–Trinajstić information content (AvgIpc) is 3.35. The van der Waals surface area contributed by atoms with Crippen LogP contribution in [0.2, 0.25) is 0 Å². The lowest BCUT2D eigenvalue weighted by Gasteiger charge is -2.32. The molecule has 1 fully saturated rings. The topological polar surface area (TPSA) is 63.4 Å². The molecule has 1 unspecified atom stereocenters. The molecule has 3 aromatic heterocycles. The minimum Gasteiger partial charge on any atom is -0.342 e. The fourth-order valence-corrected chi connectivity index (χ4v) is 5.35. The van der Waals surface area contributed by atoms with Gasteiger partial charge in [0, 0.05) is 17.0 Å². The monoisotopic (exact) mass is 513 g/mol. The molecule has 1 saturated heterocycles. The number of hydrogen-bond donors (Lipinski definition) is 0. The zero-order valence-electron chi connectivity index (χ0n) is 14.9. The second kappa shape index (κ2) is 8.44. The van der Waals surface area contributed by atoms with Crippen LogP contribution in [0.4, 0.5) is 0 Å². The zero-order valence-corrected chi connectivity index (χ0v) is 18.7. The van der Waals surface area contributed by atoms with Crippen molar-refractivity contribution in [3.05, 3.63) is 29.6 Å². The zero-order chi connectivity index (χ0) is 18.8. The van der Waals surface area contributed by atoms with E-state index < -0.39 is 0 Å². The molecule has 142 valence electrons. The Bertz CT molecular complexity index is 921. The molecule has 0 aromatic carbocycles. The fraction of sp³-hybridized carbons (Fsp3) is 0.444. The number of thiophene rings is 1. The minimum atomic E-state index is -0.109. The lowest BCUT2D eigenvalue weighted by atomic mass is 10.1. The van der Waals surface area contributed by atoms with Crippen LogP contribution in [0.25, 0.3) is 16.3 Å². The first kappa shape index (κ1) is 19.1. The third-order valence-electron chi connectivity index (χ3n) is 4.63. The number of likely N-dealkylation sites (tertiary alicyclic amines) is 1. The third kappa shape index (κ3) is 4.14. The van der Waals surface area contributed by atoms with Gasteiger partial charge in [0.05, 0.1) is 10.1 Å². The fourth-order valence-electron chi connectivity index (χ4n) is 3.12. The molecule has 4 heterocycles. The second-order valence-corrected chi connectivity index (χ2v) is 10.4. The van der Waals surface area contributed by atoms with Crippen molar-refractivity contribution in [2.24, 2.45) is 0 Å². The summed E-state index contributed by atoms with van der Waals surface area (Å²) in [6.45, 7) is 3.79. The number of nitrogens with zero attached hydrogens (tertiary/aromatic N) is 5. The molecule has 4 rings (SSSR count). The van der Waals surface area contributed by atoms with Gasteiger partial charge in [-0.3, -0.25) is 4.79 Å². The number of carbonyl (C=O) groups is 1. The molecule has 1 atom stereocenters. The Morgan fingerprint density at radius 2 is 2.15 bits per heavy atom. The number of halogens is 1. The summed E-state index contributed by atoms with van der Waals surface area (Å²) in [6, 6.07) is 7.85. The maximum absolute atomic E-state index is 13.0. The highest BCUT2D eigenvalue weighted by atomic mass is 127. The maximum Gasteiger partial charge on any atom is 0.236 e. The Hall–Kier alpha value is -1.20. The number of amides is 1. The van der Waals surface area contributed by atoms with E-state index in [0.717, 1.165) is 48.1 Å². The summed E-state index contributed by atoms with van der Waals surface area (Å²) < 4.78 is 2.46. The molecule has 6 nitrogen and oxygen atoms in total. The van der Waals surface area contributed by atoms with Crippen LogP contribution in [-0.4, -0.2) is 52.9 Å². The molecule has 0 bridgehead atoms. The number of aromatic nitrogens is 4. The van der Waals surface area contributed by atoms with Gasteiger partial charge in [0.1, 0.15) is 5.03 Å². The largest absolute Gasteiger partial charge is 0.342 e. The highest BCUT2D eigenvalue weighted by molar-refractivity contribution is 14.1. The number of carbonyl (C=O) groups excluding carboxylic acids is 1. The van der Waals surface area contributed by atoms with Gasteiger partial charge in [-0.2, -0.15) is 9.61 Å². The molecule has 3 aromatic rings. The highest BCUT2D eigenvalue weighted by Gasteiger charge is 2.27. The van der Waals surface area contributed by atoms with Gasteiger partial charge in [-0.25, -0.2) is 0 Å². The predicted octanol–water partition coefficient (Wildman–Crippen LogP) is 4.15. The Morgan fingerprint density at radius 1 is 1.33 bits per heavy atom. The van der Waals surface area contributed by atoms with E-state index in [0.29, 0.717) is 9.57 Å². The molecule has 1 amide bonds.